The number of rotatable bonds is 70. The highest BCUT2D eigenvalue weighted by Gasteiger charge is 2.27. The van der Waals surface area contributed by atoms with Crippen molar-refractivity contribution >= 4 is 19.8 Å². The largest absolute Gasteiger partial charge is 0.472 e. The minimum Gasteiger partial charge on any atom is -0.462 e. The lowest BCUT2D eigenvalue weighted by molar-refractivity contribution is -0.870. The number of hydrogen-bond donors (Lipinski definition) is 1. The molecule has 0 aromatic rings. The predicted octanol–water partition coefficient (Wildman–Crippen LogP) is 26.1. The molecule has 2 atom stereocenters. The third kappa shape index (κ3) is 78.4. The van der Waals surface area contributed by atoms with Crippen molar-refractivity contribution in [1.29, 1.82) is 0 Å². The molecule has 0 spiro atoms. The first-order valence-corrected chi connectivity index (χ1v) is 40.4. The fourth-order valence-corrected chi connectivity index (χ4v) is 11.1. The van der Waals surface area contributed by atoms with Crippen molar-refractivity contribution in [2.24, 2.45) is 0 Å². The van der Waals surface area contributed by atoms with Crippen molar-refractivity contribution < 1.29 is 42.1 Å². The summed E-state index contributed by atoms with van der Waals surface area (Å²) in [5, 5.41) is 0. The second-order valence-corrected chi connectivity index (χ2v) is 28.1. The van der Waals surface area contributed by atoms with Gasteiger partial charge >= 0.3 is 19.8 Å². The minimum atomic E-state index is -4.41. The zero-order valence-electron chi connectivity index (χ0n) is 62.3. The summed E-state index contributed by atoms with van der Waals surface area (Å²) in [7, 11) is 1.46. The van der Waals surface area contributed by atoms with Gasteiger partial charge in [-0.05, 0) is 128 Å². The third-order valence-corrected chi connectivity index (χ3v) is 17.2. The van der Waals surface area contributed by atoms with Gasteiger partial charge in [-0.3, -0.25) is 18.6 Å². The predicted molar refractivity (Wildman–Crippen MR) is 417 cm³/mol. The van der Waals surface area contributed by atoms with E-state index in [1.807, 2.05) is 21.1 Å². The summed E-state index contributed by atoms with van der Waals surface area (Å²) in [6.07, 6.45) is 113. The second-order valence-electron chi connectivity index (χ2n) is 26.6. The Morgan fingerprint density at radius 2 is 0.562 bits per heavy atom. The summed E-state index contributed by atoms with van der Waals surface area (Å²) in [6.45, 7) is 4.20. The summed E-state index contributed by atoms with van der Waals surface area (Å²) >= 11 is 0. The van der Waals surface area contributed by atoms with Gasteiger partial charge in [0, 0.05) is 12.8 Å². The molecule has 0 bridgehead atoms. The first-order valence-electron chi connectivity index (χ1n) is 38.9. The lowest BCUT2D eigenvalue weighted by atomic mass is 10.0. The van der Waals surface area contributed by atoms with E-state index in [9.17, 15) is 19.0 Å². The molecule has 0 aliphatic heterocycles. The molecule has 0 amide bonds. The molecule has 0 radical (unpaired) electrons. The summed E-state index contributed by atoms with van der Waals surface area (Å²) < 4.78 is 34.8. The van der Waals surface area contributed by atoms with Crippen LogP contribution in [0.25, 0.3) is 0 Å². The topological polar surface area (TPSA) is 108 Å². The van der Waals surface area contributed by atoms with Crippen LogP contribution in [0.5, 0.6) is 0 Å². The molecule has 1 N–H and O–H groups in total. The lowest BCUT2D eigenvalue weighted by Crippen LogP contribution is -2.37. The number of ether oxygens (including phenoxy) is 2. The van der Waals surface area contributed by atoms with Crippen LogP contribution in [0.1, 0.15) is 309 Å². The minimum absolute atomic E-state index is 0.0226. The molecular formula is C86H145NO8P+. The Hall–Kier alpha value is -4.63. The van der Waals surface area contributed by atoms with E-state index in [1.165, 1.54) is 141 Å². The summed E-state index contributed by atoms with van der Waals surface area (Å²) in [5.41, 5.74) is 0. The molecule has 546 valence electrons. The van der Waals surface area contributed by atoms with Crippen molar-refractivity contribution in [3.63, 3.8) is 0 Å². The van der Waals surface area contributed by atoms with Crippen LogP contribution >= 0.6 is 7.82 Å². The van der Waals surface area contributed by atoms with Gasteiger partial charge in [-0.25, -0.2) is 4.57 Å². The van der Waals surface area contributed by atoms with Crippen molar-refractivity contribution in [3.8, 4) is 0 Å². The van der Waals surface area contributed by atoms with Crippen LogP contribution in [0.4, 0.5) is 0 Å². The molecule has 0 aromatic heterocycles. The van der Waals surface area contributed by atoms with E-state index in [2.05, 4.69) is 184 Å². The number of esters is 2. The Morgan fingerprint density at radius 3 is 0.833 bits per heavy atom. The molecule has 0 aliphatic carbocycles. The van der Waals surface area contributed by atoms with Crippen LogP contribution in [0.15, 0.2) is 170 Å². The maximum Gasteiger partial charge on any atom is 0.472 e. The number of quaternary nitrogens is 1. The number of carbonyl (C=O) groups excluding carboxylic acids is 2. The highest BCUT2D eigenvalue weighted by atomic mass is 31.2. The Bertz CT molecular complexity index is 2230. The maximum absolute atomic E-state index is 12.9. The van der Waals surface area contributed by atoms with Crippen LogP contribution in [-0.4, -0.2) is 74.9 Å². The molecule has 10 heteroatoms. The van der Waals surface area contributed by atoms with Gasteiger partial charge in [-0.1, -0.05) is 338 Å². The SMILES string of the molecule is CC/C=C\C/C=C\C/C=C\C/C=C\C/C=C\C/C=C\C/C=C\C/C=C\C/C=C\CCCCCCCCCC(=O)OC(COC(=O)CCCCCCCCCCCCCCCCCCCCCCC/C=C\C/C=C\C/C=C\C/C=C\C/C=C\CC)COP(=O)(O)OCC[N+](C)(C)C. The van der Waals surface area contributed by atoms with E-state index in [4.69, 9.17) is 18.5 Å². The normalized spacial score (nSPS) is 14.0. The average Bonchev–Trinajstić information content (AvgIpc) is 2.74. The van der Waals surface area contributed by atoms with Crippen LogP contribution in [-0.2, 0) is 32.7 Å². The van der Waals surface area contributed by atoms with E-state index >= 15 is 0 Å². The molecular weight excluding hydrogens is 1210 g/mol. The van der Waals surface area contributed by atoms with Gasteiger partial charge in [0.05, 0.1) is 27.7 Å². The molecule has 0 aliphatic rings. The zero-order chi connectivity index (χ0) is 69.7. The first kappa shape index (κ1) is 91.4. The van der Waals surface area contributed by atoms with E-state index in [-0.39, 0.29) is 32.0 Å². The molecule has 9 nitrogen and oxygen atoms in total. The van der Waals surface area contributed by atoms with E-state index < -0.39 is 26.5 Å². The van der Waals surface area contributed by atoms with E-state index in [0.717, 1.165) is 135 Å². The number of phosphoric ester groups is 1. The molecule has 0 saturated carbocycles. The zero-order valence-corrected chi connectivity index (χ0v) is 63.2. The van der Waals surface area contributed by atoms with Crippen molar-refractivity contribution in [2.45, 2.75) is 315 Å². The summed E-state index contributed by atoms with van der Waals surface area (Å²) in [6, 6.07) is 0. The first-order chi connectivity index (χ1) is 47.0. The summed E-state index contributed by atoms with van der Waals surface area (Å²) in [4.78, 5) is 36.0. The van der Waals surface area contributed by atoms with Crippen LogP contribution in [0.2, 0.25) is 0 Å². The Morgan fingerprint density at radius 1 is 0.323 bits per heavy atom. The number of likely N-dealkylation sites (N-methyl/N-ethyl adjacent to an activating group) is 1. The third-order valence-electron chi connectivity index (χ3n) is 16.2. The number of nitrogens with zero attached hydrogens (tertiary/aromatic N) is 1. The lowest BCUT2D eigenvalue weighted by Gasteiger charge is -2.24. The number of hydrogen-bond acceptors (Lipinski definition) is 7. The molecule has 96 heavy (non-hydrogen) atoms. The molecule has 2 unspecified atom stereocenters. The van der Waals surface area contributed by atoms with Gasteiger partial charge in [-0.15, -0.1) is 0 Å². The van der Waals surface area contributed by atoms with E-state index in [1.54, 1.807) is 0 Å². The number of carbonyl (C=O) groups is 2. The highest BCUT2D eigenvalue weighted by molar-refractivity contribution is 7.47. The Balaban J connectivity index is 4.05. The molecule has 0 rings (SSSR count). The van der Waals surface area contributed by atoms with Gasteiger partial charge in [0.15, 0.2) is 6.10 Å². The van der Waals surface area contributed by atoms with Gasteiger partial charge in [-0.2, -0.15) is 0 Å². The Labute approximate surface area is 591 Å². The van der Waals surface area contributed by atoms with Gasteiger partial charge in [0.2, 0.25) is 0 Å². The number of phosphoric acid groups is 1. The van der Waals surface area contributed by atoms with Crippen LogP contribution in [0.3, 0.4) is 0 Å². The van der Waals surface area contributed by atoms with Gasteiger partial charge < -0.3 is 18.9 Å². The van der Waals surface area contributed by atoms with Crippen LogP contribution in [0, 0.1) is 0 Å². The molecule has 0 fully saturated rings. The highest BCUT2D eigenvalue weighted by Crippen LogP contribution is 2.43. The maximum atomic E-state index is 12.9. The quantitative estimate of drug-likeness (QED) is 0.0211. The molecule has 0 heterocycles. The fraction of sp³-hybridized carbons (Fsp3) is 0.651. The van der Waals surface area contributed by atoms with Gasteiger partial charge in [0.25, 0.3) is 0 Å². The Kier molecular flexibility index (Phi) is 71.0. The fourth-order valence-electron chi connectivity index (χ4n) is 10.4. The van der Waals surface area contributed by atoms with Crippen molar-refractivity contribution in [2.75, 3.05) is 47.5 Å². The number of unbranched alkanes of at least 4 members (excludes halogenated alkanes) is 28. The standard InChI is InChI=1S/C86H144NO8P/c1-6-8-10-12-14-16-18-20-22-24-26-28-30-32-34-36-38-40-42-43-45-46-48-50-52-54-56-58-60-62-64-66-68-70-72-74-76-78-85(88)92-82-84(83-94-96(90,91)93-81-80-87(3,4)5)95-86(89)79-77-75-73-71-69-67-65-63-61-59-57-55-53-51-49-47-44-41-39-37-35-33-31-29-27-25-23-21-19-17-15-13-11-9-7-2/h8-11,14-17,20-23,26-29,32-35,39,41,47,49,53,55,59,61,84H,6-7,12-13,18-19,24-25,30-31,36-38,40,42-46,48,50-52,54,56-58,60,62-83H2,1-5H3/p+1/b10-8-,11-9-,16-14-,17-15-,22-20-,23-21-,28-26-,29-27-,34-32-,35-33-,41-39-,49-47-,55-53-,61-59-. The molecule has 0 aromatic carbocycles. The van der Waals surface area contributed by atoms with Gasteiger partial charge in [0.1, 0.15) is 19.8 Å². The van der Waals surface area contributed by atoms with Crippen LogP contribution < -0.4 is 0 Å². The summed E-state index contributed by atoms with van der Waals surface area (Å²) in [5.74, 6) is -0.810. The van der Waals surface area contributed by atoms with E-state index in [0.29, 0.717) is 17.4 Å². The second kappa shape index (κ2) is 74.6. The average molecular weight is 1350 g/mol. The molecule has 0 saturated heterocycles. The van der Waals surface area contributed by atoms with Crippen molar-refractivity contribution in [3.05, 3.63) is 170 Å². The number of allylic oxidation sites excluding steroid dienone is 28. The monoisotopic (exact) mass is 1350 g/mol. The smallest absolute Gasteiger partial charge is 0.462 e. The van der Waals surface area contributed by atoms with Crippen molar-refractivity contribution in [1.82, 2.24) is 0 Å².